The van der Waals surface area contributed by atoms with E-state index < -0.39 is 0 Å². The highest BCUT2D eigenvalue weighted by Crippen LogP contribution is 2.07. The first-order valence-electron chi connectivity index (χ1n) is 7.53. The lowest BCUT2D eigenvalue weighted by molar-refractivity contribution is 0.0957. The SMILES string of the molecule is CN=C(NCCCCSC)NCCCNC(=O)c1cccs1. The van der Waals surface area contributed by atoms with Gasteiger partial charge in [-0.15, -0.1) is 11.3 Å². The number of thioether (sulfide) groups is 1. The van der Waals surface area contributed by atoms with E-state index in [4.69, 9.17) is 0 Å². The zero-order chi connectivity index (χ0) is 16.0. The van der Waals surface area contributed by atoms with Crippen LogP contribution in [0, 0.1) is 0 Å². The van der Waals surface area contributed by atoms with Gasteiger partial charge in [0.15, 0.2) is 5.96 Å². The van der Waals surface area contributed by atoms with Crippen LogP contribution in [0.4, 0.5) is 0 Å². The summed E-state index contributed by atoms with van der Waals surface area (Å²) in [4.78, 5) is 16.7. The second-order valence-corrected chi connectivity index (χ2v) is 6.65. The molecular formula is C15H26N4OS2. The Bertz CT molecular complexity index is 435. The van der Waals surface area contributed by atoms with Crippen molar-refractivity contribution in [1.29, 1.82) is 0 Å². The van der Waals surface area contributed by atoms with E-state index in [0.717, 1.165) is 36.8 Å². The lowest BCUT2D eigenvalue weighted by atomic mass is 10.3. The molecule has 5 nitrogen and oxygen atoms in total. The number of aliphatic imine (C=N–C) groups is 1. The summed E-state index contributed by atoms with van der Waals surface area (Å²) in [5, 5.41) is 11.4. The smallest absolute Gasteiger partial charge is 0.261 e. The van der Waals surface area contributed by atoms with Gasteiger partial charge in [-0.2, -0.15) is 11.8 Å². The third kappa shape index (κ3) is 8.29. The number of unbranched alkanes of at least 4 members (excludes halogenated alkanes) is 1. The molecule has 0 saturated heterocycles. The van der Waals surface area contributed by atoms with Gasteiger partial charge in [0.05, 0.1) is 4.88 Å². The Hall–Kier alpha value is -1.21. The number of carbonyl (C=O) groups is 1. The molecular weight excluding hydrogens is 316 g/mol. The number of carbonyl (C=O) groups excluding carboxylic acids is 1. The van der Waals surface area contributed by atoms with Crippen molar-refractivity contribution in [2.75, 3.05) is 38.7 Å². The van der Waals surface area contributed by atoms with E-state index in [2.05, 4.69) is 27.2 Å². The molecule has 0 aromatic carbocycles. The molecule has 0 aliphatic heterocycles. The van der Waals surface area contributed by atoms with Crippen molar-refractivity contribution < 1.29 is 4.79 Å². The Morgan fingerprint density at radius 1 is 1.18 bits per heavy atom. The summed E-state index contributed by atoms with van der Waals surface area (Å²) in [7, 11) is 1.77. The normalized spacial score (nSPS) is 11.3. The minimum absolute atomic E-state index is 0.00583. The van der Waals surface area contributed by atoms with E-state index in [9.17, 15) is 4.79 Å². The summed E-state index contributed by atoms with van der Waals surface area (Å²) >= 11 is 3.34. The average Bonchev–Trinajstić information content (AvgIpc) is 3.06. The number of guanidine groups is 1. The Labute approximate surface area is 141 Å². The van der Waals surface area contributed by atoms with Gasteiger partial charge in [0.2, 0.25) is 0 Å². The van der Waals surface area contributed by atoms with E-state index in [0.29, 0.717) is 6.54 Å². The van der Waals surface area contributed by atoms with Gasteiger partial charge in [-0.25, -0.2) is 0 Å². The minimum Gasteiger partial charge on any atom is -0.356 e. The number of nitrogens with zero attached hydrogens (tertiary/aromatic N) is 1. The summed E-state index contributed by atoms with van der Waals surface area (Å²) in [6, 6.07) is 3.72. The van der Waals surface area contributed by atoms with Crippen LogP contribution in [0.25, 0.3) is 0 Å². The highest BCUT2D eigenvalue weighted by molar-refractivity contribution is 7.98. The topological polar surface area (TPSA) is 65.5 Å². The maximum Gasteiger partial charge on any atom is 0.261 e. The zero-order valence-electron chi connectivity index (χ0n) is 13.4. The Balaban J connectivity index is 2.03. The molecule has 1 amide bonds. The fourth-order valence-electron chi connectivity index (χ4n) is 1.79. The van der Waals surface area contributed by atoms with Gasteiger partial charge in [0.1, 0.15) is 0 Å². The lowest BCUT2D eigenvalue weighted by Crippen LogP contribution is -2.39. The molecule has 0 fully saturated rings. The molecule has 0 aliphatic carbocycles. The van der Waals surface area contributed by atoms with E-state index in [-0.39, 0.29) is 5.91 Å². The minimum atomic E-state index is 0.00583. The molecule has 0 spiro atoms. The van der Waals surface area contributed by atoms with Gasteiger partial charge in [-0.3, -0.25) is 9.79 Å². The van der Waals surface area contributed by atoms with Crippen LogP contribution >= 0.6 is 23.1 Å². The number of hydrogen-bond acceptors (Lipinski definition) is 4. The molecule has 0 unspecified atom stereocenters. The summed E-state index contributed by atoms with van der Waals surface area (Å²) in [6.45, 7) is 2.39. The van der Waals surface area contributed by atoms with Crippen LogP contribution in [0.15, 0.2) is 22.5 Å². The van der Waals surface area contributed by atoms with Crippen molar-refractivity contribution in [3.63, 3.8) is 0 Å². The number of rotatable bonds is 10. The van der Waals surface area contributed by atoms with Crippen LogP contribution in [0.2, 0.25) is 0 Å². The predicted octanol–water partition coefficient (Wildman–Crippen LogP) is 2.18. The molecule has 0 saturated carbocycles. The van der Waals surface area contributed by atoms with Crippen LogP contribution < -0.4 is 16.0 Å². The molecule has 3 N–H and O–H groups in total. The molecule has 0 bridgehead atoms. The summed E-state index contributed by atoms with van der Waals surface area (Å²) in [5.74, 6) is 2.04. The fourth-order valence-corrected chi connectivity index (χ4v) is 2.92. The molecule has 124 valence electrons. The van der Waals surface area contributed by atoms with Crippen LogP contribution in [-0.4, -0.2) is 50.6 Å². The average molecular weight is 343 g/mol. The first kappa shape index (κ1) is 18.8. The number of nitrogens with one attached hydrogen (secondary N) is 3. The molecule has 0 radical (unpaired) electrons. The fraction of sp³-hybridized carbons (Fsp3) is 0.600. The van der Waals surface area contributed by atoms with Crippen LogP contribution in [-0.2, 0) is 0 Å². The Morgan fingerprint density at radius 2 is 1.91 bits per heavy atom. The van der Waals surface area contributed by atoms with Gasteiger partial charge in [-0.1, -0.05) is 6.07 Å². The lowest BCUT2D eigenvalue weighted by Gasteiger charge is -2.11. The first-order valence-corrected chi connectivity index (χ1v) is 9.80. The molecule has 1 rings (SSSR count). The number of thiophene rings is 1. The van der Waals surface area contributed by atoms with Crippen LogP contribution in [0.3, 0.4) is 0 Å². The van der Waals surface area contributed by atoms with Gasteiger partial charge < -0.3 is 16.0 Å². The van der Waals surface area contributed by atoms with Crippen LogP contribution in [0.1, 0.15) is 28.9 Å². The van der Waals surface area contributed by atoms with E-state index in [1.807, 2.05) is 29.3 Å². The maximum absolute atomic E-state index is 11.7. The van der Waals surface area contributed by atoms with Gasteiger partial charge >= 0.3 is 0 Å². The first-order chi connectivity index (χ1) is 10.8. The molecule has 1 aromatic heterocycles. The molecule has 0 atom stereocenters. The van der Waals surface area contributed by atoms with Crippen molar-refractivity contribution >= 4 is 35.0 Å². The van der Waals surface area contributed by atoms with E-state index in [1.165, 1.54) is 23.5 Å². The van der Waals surface area contributed by atoms with E-state index in [1.54, 1.807) is 7.05 Å². The highest BCUT2D eigenvalue weighted by Gasteiger charge is 2.04. The third-order valence-corrected chi connectivity index (χ3v) is 4.53. The summed E-state index contributed by atoms with van der Waals surface area (Å²) < 4.78 is 0. The largest absolute Gasteiger partial charge is 0.356 e. The molecule has 22 heavy (non-hydrogen) atoms. The predicted molar refractivity (Wildman–Crippen MR) is 98.2 cm³/mol. The highest BCUT2D eigenvalue weighted by atomic mass is 32.2. The van der Waals surface area contributed by atoms with Crippen molar-refractivity contribution in [2.45, 2.75) is 19.3 Å². The van der Waals surface area contributed by atoms with Crippen LogP contribution in [0.5, 0.6) is 0 Å². The molecule has 1 aromatic rings. The van der Waals surface area contributed by atoms with Gasteiger partial charge in [0, 0.05) is 26.7 Å². The van der Waals surface area contributed by atoms with Crippen molar-refractivity contribution in [3.05, 3.63) is 22.4 Å². The van der Waals surface area contributed by atoms with Crippen molar-refractivity contribution in [2.24, 2.45) is 4.99 Å². The molecule has 1 heterocycles. The van der Waals surface area contributed by atoms with E-state index >= 15 is 0 Å². The van der Waals surface area contributed by atoms with Crippen molar-refractivity contribution in [1.82, 2.24) is 16.0 Å². The Kier molecular flexibility index (Phi) is 10.6. The summed E-state index contributed by atoms with van der Waals surface area (Å²) in [6.07, 6.45) is 5.37. The third-order valence-electron chi connectivity index (χ3n) is 2.97. The monoisotopic (exact) mass is 342 g/mol. The van der Waals surface area contributed by atoms with Crippen molar-refractivity contribution in [3.8, 4) is 0 Å². The number of amides is 1. The zero-order valence-corrected chi connectivity index (χ0v) is 15.0. The Morgan fingerprint density at radius 3 is 2.55 bits per heavy atom. The number of hydrogen-bond donors (Lipinski definition) is 3. The molecule has 7 heteroatoms. The quantitative estimate of drug-likeness (QED) is 0.346. The molecule has 0 aliphatic rings. The standard InChI is InChI=1S/C15H26N4OS2/c1-16-15(18-8-3-4-11-21-2)19-10-6-9-17-14(20)13-7-5-12-22-13/h5,7,12H,3-4,6,8-11H2,1-2H3,(H,17,20)(H2,16,18,19). The van der Waals surface area contributed by atoms with Gasteiger partial charge in [-0.05, 0) is 42.7 Å². The summed E-state index contributed by atoms with van der Waals surface area (Å²) in [5.41, 5.74) is 0. The second-order valence-electron chi connectivity index (χ2n) is 4.71. The van der Waals surface area contributed by atoms with Gasteiger partial charge in [0.25, 0.3) is 5.91 Å². The second kappa shape index (κ2) is 12.3. The maximum atomic E-state index is 11.7.